The molecule has 1 N–H and O–H groups in total. The predicted molar refractivity (Wildman–Crippen MR) is 117 cm³/mol. The molecule has 2 atom stereocenters. The minimum atomic E-state index is -0.381. The van der Waals surface area contributed by atoms with Crippen LogP contribution in [0, 0.1) is 6.92 Å². The van der Waals surface area contributed by atoms with Crippen molar-refractivity contribution in [3.8, 4) is 0 Å². The van der Waals surface area contributed by atoms with E-state index in [0.717, 1.165) is 17.8 Å². The molecule has 0 bridgehead atoms. The van der Waals surface area contributed by atoms with Gasteiger partial charge in [0, 0.05) is 6.07 Å². The first-order valence-corrected chi connectivity index (χ1v) is 10.8. The zero-order valence-corrected chi connectivity index (χ0v) is 18.8. The molecule has 0 aliphatic rings. The first-order chi connectivity index (χ1) is 14.4. The van der Waals surface area contributed by atoms with E-state index >= 15 is 0 Å². The standard InChI is InChI=1S/C21H28N6O2S/c1-6-17(26(4)5)19-23-24-21(27(19)13-16-10-8-7-9-11-16)30-15(3)20(28)22-18-12-14(2)29-25-18/h7-12,15,17H,6,13H2,1-5H3,(H,22,25,28)/t15-,17+/m0/s1. The smallest absolute Gasteiger partial charge is 0.238 e. The number of amides is 1. The molecule has 3 aromatic rings. The number of benzene rings is 1. The molecule has 0 fully saturated rings. The Morgan fingerprint density at radius 2 is 2.00 bits per heavy atom. The van der Waals surface area contributed by atoms with E-state index in [0.29, 0.717) is 23.3 Å². The van der Waals surface area contributed by atoms with Gasteiger partial charge in [-0.25, -0.2) is 0 Å². The second kappa shape index (κ2) is 9.90. The van der Waals surface area contributed by atoms with Crippen LogP contribution in [0.4, 0.5) is 5.82 Å². The predicted octanol–water partition coefficient (Wildman–Crippen LogP) is 3.75. The van der Waals surface area contributed by atoms with E-state index in [1.54, 1.807) is 13.0 Å². The maximum Gasteiger partial charge on any atom is 0.238 e. The molecule has 3 rings (SSSR count). The number of nitrogens with zero attached hydrogens (tertiary/aromatic N) is 5. The number of anilines is 1. The highest BCUT2D eigenvalue weighted by Gasteiger charge is 2.25. The molecular formula is C21H28N6O2S. The van der Waals surface area contributed by atoms with E-state index in [2.05, 4.69) is 49.2 Å². The van der Waals surface area contributed by atoms with Crippen molar-refractivity contribution in [3.63, 3.8) is 0 Å². The Bertz CT molecular complexity index is 969. The van der Waals surface area contributed by atoms with E-state index in [1.165, 1.54) is 11.8 Å². The molecule has 0 saturated heterocycles. The SMILES string of the molecule is CC[C@H](c1nnc(S[C@@H](C)C(=O)Nc2cc(C)on2)n1Cc1ccccc1)N(C)C. The number of aryl methyl sites for hydroxylation is 1. The summed E-state index contributed by atoms with van der Waals surface area (Å²) in [6.45, 7) is 6.41. The summed E-state index contributed by atoms with van der Waals surface area (Å²) in [4.78, 5) is 14.8. The molecule has 2 heterocycles. The first kappa shape index (κ1) is 22.0. The summed E-state index contributed by atoms with van der Waals surface area (Å²) in [5, 5.41) is 15.9. The first-order valence-electron chi connectivity index (χ1n) is 9.93. The van der Waals surface area contributed by atoms with Crippen molar-refractivity contribution in [2.24, 2.45) is 0 Å². The highest BCUT2D eigenvalue weighted by atomic mass is 32.2. The summed E-state index contributed by atoms with van der Waals surface area (Å²) in [5.41, 5.74) is 1.16. The van der Waals surface area contributed by atoms with Gasteiger partial charge in [-0.3, -0.25) is 9.69 Å². The number of carbonyl (C=O) groups is 1. The third-order valence-corrected chi connectivity index (χ3v) is 5.85. The lowest BCUT2D eigenvalue weighted by Crippen LogP contribution is -2.25. The zero-order chi connectivity index (χ0) is 21.7. The van der Waals surface area contributed by atoms with Crippen molar-refractivity contribution in [1.82, 2.24) is 24.8 Å². The van der Waals surface area contributed by atoms with Gasteiger partial charge in [-0.05, 0) is 39.9 Å². The van der Waals surface area contributed by atoms with E-state index in [1.807, 2.05) is 39.2 Å². The Morgan fingerprint density at radius 3 is 2.60 bits per heavy atom. The normalized spacial score (nSPS) is 13.4. The van der Waals surface area contributed by atoms with E-state index < -0.39 is 0 Å². The van der Waals surface area contributed by atoms with Crippen LogP contribution in [0.25, 0.3) is 0 Å². The number of nitrogens with one attached hydrogen (secondary N) is 1. The van der Waals surface area contributed by atoms with Crippen molar-refractivity contribution < 1.29 is 9.32 Å². The molecule has 2 aromatic heterocycles. The lowest BCUT2D eigenvalue weighted by atomic mass is 10.2. The van der Waals surface area contributed by atoms with Crippen LogP contribution in [0.15, 0.2) is 46.1 Å². The molecule has 0 spiro atoms. The molecule has 1 aromatic carbocycles. The van der Waals surface area contributed by atoms with Gasteiger partial charge in [-0.2, -0.15) is 0 Å². The van der Waals surface area contributed by atoms with Crippen molar-refractivity contribution >= 4 is 23.5 Å². The molecule has 0 aliphatic heterocycles. The minimum absolute atomic E-state index is 0.137. The van der Waals surface area contributed by atoms with E-state index in [9.17, 15) is 4.79 Å². The fourth-order valence-electron chi connectivity index (χ4n) is 3.19. The van der Waals surface area contributed by atoms with Crippen LogP contribution < -0.4 is 5.32 Å². The van der Waals surface area contributed by atoms with Crippen molar-refractivity contribution in [2.45, 2.75) is 50.2 Å². The maximum atomic E-state index is 12.6. The van der Waals surface area contributed by atoms with Crippen LogP contribution in [0.1, 0.15) is 43.5 Å². The third kappa shape index (κ3) is 5.28. The van der Waals surface area contributed by atoms with Crippen molar-refractivity contribution in [1.29, 1.82) is 0 Å². The average molecular weight is 429 g/mol. The molecule has 0 saturated carbocycles. The average Bonchev–Trinajstić information content (AvgIpc) is 3.29. The largest absolute Gasteiger partial charge is 0.360 e. The van der Waals surface area contributed by atoms with Gasteiger partial charge in [0.05, 0.1) is 17.8 Å². The van der Waals surface area contributed by atoms with Gasteiger partial charge in [-0.15, -0.1) is 10.2 Å². The van der Waals surface area contributed by atoms with Gasteiger partial charge in [-0.1, -0.05) is 54.2 Å². The second-order valence-electron chi connectivity index (χ2n) is 7.37. The quantitative estimate of drug-likeness (QED) is 0.519. The van der Waals surface area contributed by atoms with Crippen LogP contribution in [0.2, 0.25) is 0 Å². The molecule has 9 heteroatoms. The lowest BCUT2D eigenvalue weighted by Gasteiger charge is -2.23. The fourth-order valence-corrected chi connectivity index (χ4v) is 4.05. The van der Waals surface area contributed by atoms with Crippen LogP contribution >= 0.6 is 11.8 Å². The summed E-state index contributed by atoms with van der Waals surface area (Å²) >= 11 is 1.38. The summed E-state index contributed by atoms with van der Waals surface area (Å²) in [7, 11) is 4.08. The number of hydrogen-bond acceptors (Lipinski definition) is 7. The molecule has 0 unspecified atom stereocenters. The van der Waals surface area contributed by atoms with Gasteiger partial charge < -0.3 is 14.4 Å². The van der Waals surface area contributed by atoms with Gasteiger partial charge >= 0.3 is 0 Å². The van der Waals surface area contributed by atoms with Crippen molar-refractivity contribution in [2.75, 3.05) is 19.4 Å². The Hall–Kier alpha value is -2.65. The van der Waals surface area contributed by atoms with E-state index in [4.69, 9.17) is 4.52 Å². The van der Waals surface area contributed by atoms with Crippen LogP contribution in [0.5, 0.6) is 0 Å². The molecule has 30 heavy (non-hydrogen) atoms. The van der Waals surface area contributed by atoms with E-state index in [-0.39, 0.29) is 17.2 Å². The van der Waals surface area contributed by atoms with Crippen molar-refractivity contribution in [3.05, 3.63) is 53.5 Å². The maximum absolute atomic E-state index is 12.6. The Labute approximate surface area is 181 Å². The molecule has 1 amide bonds. The Morgan fingerprint density at radius 1 is 1.27 bits per heavy atom. The highest BCUT2D eigenvalue weighted by molar-refractivity contribution is 8.00. The Kier molecular flexibility index (Phi) is 7.28. The molecule has 0 radical (unpaired) electrons. The number of thioether (sulfide) groups is 1. The third-order valence-electron chi connectivity index (χ3n) is 4.77. The number of hydrogen-bond donors (Lipinski definition) is 1. The molecule has 160 valence electrons. The molecule has 8 nitrogen and oxygen atoms in total. The highest BCUT2D eigenvalue weighted by Crippen LogP contribution is 2.29. The number of aromatic nitrogens is 4. The second-order valence-corrected chi connectivity index (χ2v) is 8.68. The topological polar surface area (TPSA) is 89.1 Å². The number of rotatable bonds is 9. The zero-order valence-electron chi connectivity index (χ0n) is 18.0. The lowest BCUT2D eigenvalue weighted by molar-refractivity contribution is -0.115. The monoisotopic (exact) mass is 428 g/mol. The molecular weight excluding hydrogens is 400 g/mol. The van der Waals surface area contributed by atoms with Gasteiger partial charge in [0.2, 0.25) is 5.91 Å². The van der Waals surface area contributed by atoms with Gasteiger partial charge in [0.15, 0.2) is 16.8 Å². The van der Waals surface area contributed by atoms with Crippen LogP contribution in [0.3, 0.4) is 0 Å². The molecule has 0 aliphatic carbocycles. The summed E-state index contributed by atoms with van der Waals surface area (Å²) in [6, 6.07) is 12.0. The van der Waals surface area contributed by atoms with Gasteiger partial charge in [0.25, 0.3) is 0 Å². The summed E-state index contributed by atoms with van der Waals surface area (Å²) in [5.74, 6) is 1.79. The fraction of sp³-hybridized carbons (Fsp3) is 0.429. The summed E-state index contributed by atoms with van der Waals surface area (Å²) in [6.07, 6.45) is 0.909. The minimum Gasteiger partial charge on any atom is -0.360 e. The van der Waals surface area contributed by atoms with Crippen LogP contribution in [-0.4, -0.2) is 50.1 Å². The Balaban J connectivity index is 1.83. The van der Waals surface area contributed by atoms with Gasteiger partial charge in [0.1, 0.15) is 5.76 Å². The number of carbonyl (C=O) groups excluding carboxylic acids is 1. The van der Waals surface area contributed by atoms with Crippen LogP contribution in [-0.2, 0) is 11.3 Å². The summed E-state index contributed by atoms with van der Waals surface area (Å²) < 4.78 is 7.12.